The zero-order valence-corrected chi connectivity index (χ0v) is 12.1. The van der Waals surface area contributed by atoms with Crippen LogP contribution in [0, 0.1) is 32.4 Å². The van der Waals surface area contributed by atoms with Crippen LogP contribution in [-0.4, -0.2) is 12.0 Å². The predicted molar refractivity (Wildman–Crippen MR) is 75.7 cm³/mol. The van der Waals surface area contributed by atoms with Gasteiger partial charge in [-0.05, 0) is 50.6 Å². The second kappa shape index (κ2) is 5.67. The Labute approximate surface area is 117 Å². The third-order valence-corrected chi connectivity index (χ3v) is 3.43. The van der Waals surface area contributed by atoms with E-state index in [1.165, 1.54) is 12.1 Å². The van der Waals surface area contributed by atoms with Gasteiger partial charge in [0.05, 0.1) is 11.7 Å². The van der Waals surface area contributed by atoms with Gasteiger partial charge in [-0.2, -0.15) is 0 Å². The summed E-state index contributed by atoms with van der Waals surface area (Å²) in [5.41, 5.74) is 3.01. The molecule has 1 unspecified atom stereocenters. The minimum Gasteiger partial charge on any atom is -0.308 e. The van der Waals surface area contributed by atoms with E-state index in [0.717, 1.165) is 11.1 Å². The minimum absolute atomic E-state index is 0.0203. The summed E-state index contributed by atoms with van der Waals surface area (Å²) in [4.78, 5) is 4.34. The smallest absolute Gasteiger partial charge is 0.134 e. The van der Waals surface area contributed by atoms with Crippen LogP contribution < -0.4 is 5.32 Å². The number of aromatic nitrogens is 1. The molecule has 0 spiro atoms. The third-order valence-electron chi connectivity index (χ3n) is 3.43. The van der Waals surface area contributed by atoms with Crippen LogP contribution in [0.1, 0.15) is 34.0 Å². The lowest BCUT2D eigenvalue weighted by Gasteiger charge is -2.20. The van der Waals surface area contributed by atoms with E-state index in [4.69, 9.17) is 0 Å². The minimum atomic E-state index is -0.601. The molecule has 2 rings (SSSR count). The van der Waals surface area contributed by atoms with E-state index < -0.39 is 17.7 Å². The standard InChI is InChI=1S/C16H18F2N2/c1-9-7-11(3)15(20-8-9)16(19-4)13-12(17)6-5-10(2)14(13)18/h5-8,16,19H,1-4H3. The average molecular weight is 276 g/mol. The number of nitrogens with zero attached hydrogens (tertiary/aromatic N) is 1. The molecule has 1 heterocycles. The molecule has 1 aromatic carbocycles. The highest BCUT2D eigenvalue weighted by Crippen LogP contribution is 2.29. The molecule has 0 saturated carbocycles. The highest BCUT2D eigenvalue weighted by Gasteiger charge is 2.24. The van der Waals surface area contributed by atoms with Crippen LogP contribution in [0.25, 0.3) is 0 Å². The number of hydrogen-bond donors (Lipinski definition) is 1. The average Bonchev–Trinajstić information content (AvgIpc) is 2.40. The molecule has 0 aliphatic heterocycles. The van der Waals surface area contributed by atoms with E-state index in [9.17, 15) is 8.78 Å². The molecule has 0 saturated heterocycles. The van der Waals surface area contributed by atoms with E-state index in [-0.39, 0.29) is 5.56 Å². The number of nitrogens with one attached hydrogen (secondary N) is 1. The molecule has 1 aromatic heterocycles. The van der Waals surface area contributed by atoms with Crippen LogP contribution in [-0.2, 0) is 0 Å². The van der Waals surface area contributed by atoms with Crippen LogP contribution in [0.3, 0.4) is 0 Å². The topological polar surface area (TPSA) is 24.9 Å². The Morgan fingerprint density at radius 1 is 1.10 bits per heavy atom. The van der Waals surface area contributed by atoms with Gasteiger partial charge >= 0.3 is 0 Å². The Hall–Kier alpha value is -1.81. The summed E-state index contributed by atoms with van der Waals surface area (Å²) in [5, 5.41) is 2.96. The summed E-state index contributed by atoms with van der Waals surface area (Å²) < 4.78 is 28.3. The van der Waals surface area contributed by atoms with Crippen molar-refractivity contribution in [1.82, 2.24) is 10.3 Å². The zero-order chi connectivity index (χ0) is 14.9. The molecule has 1 N–H and O–H groups in total. The van der Waals surface area contributed by atoms with Crippen molar-refractivity contribution in [3.63, 3.8) is 0 Å². The molecule has 4 heteroatoms. The predicted octanol–water partition coefficient (Wildman–Crippen LogP) is 3.59. The van der Waals surface area contributed by atoms with Gasteiger partial charge in [-0.25, -0.2) is 8.78 Å². The quantitative estimate of drug-likeness (QED) is 0.926. The highest BCUT2D eigenvalue weighted by molar-refractivity contribution is 5.37. The molecule has 106 valence electrons. The van der Waals surface area contributed by atoms with Gasteiger partial charge in [0.1, 0.15) is 11.6 Å². The van der Waals surface area contributed by atoms with Gasteiger partial charge in [-0.1, -0.05) is 12.1 Å². The van der Waals surface area contributed by atoms with Crippen molar-refractivity contribution in [1.29, 1.82) is 0 Å². The number of aryl methyl sites for hydroxylation is 3. The molecular formula is C16H18F2N2. The van der Waals surface area contributed by atoms with Crippen molar-refractivity contribution in [3.8, 4) is 0 Å². The normalized spacial score (nSPS) is 12.5. The summed E-state index contributed by atoms with van der Waals surface area (Å²) in [6, 6.07) is 4.09. The molecule has 0 fully saturated rings. The maximum atomic E-state index is 14.3. The first-order valence-electron chi connectivity index (χ1n) is 6.50. The first-order valence-corrected chi connectivity index (χ1v) is 6.50. The molecule has 0 aliphatic carbocycles. The van der Waals surface area contributed by atoms with Gasteiger partial charge in [0.2, 0.25) is 0 Å². The van der Waals surface area contributed by atoms with Crippen molar-refractivity contribution >= 4 is 0 Å². The summed E-state index contributed by atoms with van der Waals surface area (Å²) in [7, 11) is 1.67. The first kappa shape index (κ1) is 14.6. The second-order valence-electron chi connectivity index (χ2n) is 5.03. The van der Waals surface area contributed by atoms with Gasteiger partial charge in [-0.3, -0.25) is 4.98 Å². The monoisotopic (exact) mass is 276 g/mol. The van der Waals surface area contributed by atoms with E-state index in [0.29, 0.717) is 11.3 Å². The van der Waals surface area contributed by atoms with E-state index in [1.54, 1.807) is 20.2 Å². The molecular weight excluding hydrogens is 258 g/mol. The van der Waals surface area contributed by atoms with Gasteiger partial charge in [0.15, 0.2) is 0 Å². The van der Waals surface area contributed by atoms with Crippen molar-refractivity contribution in [2.24, 2.45) is 0 Å². The van der Waals surface area contributed by atoms with Gasteiger partial charge in [0, 0.05) is 11.8 Å². The molecule has 20 heavy (non-hydrogen) atoms. The summed E-state index contributed by atoms with van der Waals surface area (Å²) >= 11 is 0. The van der Waals surface area contributed by atoms with Gasteiger partial charge in [0.25, 0.3) is 0 Å². The Balaban J connectivity index is 2.61. The number of rotatable bonds is 3. The second-order valence-corrected chi connectivity index (χ2v) is 5.03. The molecule has 2 aromatic rings. The molecule has 0 amide bonds. The Bertz CT molecular complexity index is 639. The van der Waals surface area contributed by atoms with Crippen LogP contribution in [0.4, 0.5) is 8.78 Å². The summed E-state index contributed by atoms with van der Waals surface area (Å²) in [5.74, 6) is -1.08. The molecule has 1 atom stereocenters. The lowest BCUT2D eigenvalue weighted by atomic mass is 9.96. The van der Waals surface area contributed by atoms with Crippen molar-refractivity contribution < 1.29 is 8.78 Å². The zero-order valence-electron chi connectivity index (χ0n) is 12.1. The van der Waals surface area contributed by atoms with Crippen molar-refractivity contribution in [2.45, 2.75) is 26.8 Å². The summed E-state index contributed by atoms with van der Waals surface area (Å²) in [6.45, 7) is 5.46. The molecule has 0 aliphatic rings. The van der Waals surface area contributed by atoms with Crippen LogP contribution >= 0.6 is 0 Å². The van der Waals surface area contributed by atoms with E-state index in [1.807, 2.05) is 19.9 Å². The largest absolute Gasteiger partial charge is 0.308 e. The fourth-order valence-electron chi connectivity index (χ4n) is 2.39. The molecule has 0 radical (unpaired) electrons. The van der Waals surface area contributed by atoms with Crippen LogP contribution in [0.15, 0.2) is 24.4 Å². The van der Waals surface area contributed by atoms with E-state index in [2.05, 4.69) is 10.3 Å². The SMILES string of the molecule is CNC(c1ncc(C)cc1C)c1c(F)ccc(C)c1F. The van der Waals surface area contributed by atoms with Crippen LogP contribution in [0.5, 0.6) is 0 Å². The maximum Gasteiger partial charge on any atom is 0.134 e. The molecule has 0 bridgehead atoms. The van der Waals surface area contributed by atoms with Gasteiger partial charge < -0.3 is 5.32 Å². The Morgan fingerprint density at radius 3 is 2.40 bits per heavy atom. The van der Waals surface area contributed by atoms with Crippen LogP contribution in [0.2, 0.25) is 0 Å². The first-order chi connectivity index (χ1) is 9.45. The highest BCUT2D eigenvalue weighted by atomic mass is 19.1. The number of halogens is 2. The lowest BCUT2D eigenvalue weighted by Crippen LogP contribution is -2.23. The number of hydrogen-bond acceptors (Lipinski definition) is 2. The Kier molecular flexibility index (Phi) is 4.14. The Morgan fingerprint density at radius 2 is 1.80 bits per heavy atom. The fourth-order valence-corrected chi connectivity index (χ4v) is 2.39. The fraction of sp³-hybridized carbons (Fsp3) is 0.312. The van der Waals surface area contributed by atoms with E-state index >= 15 is 0 Å². The van der Waals surface area contributed by atoms with Crippen molar-refractivity contribution in [3.05, 3.63) is 64.0 Å². The number of pyridine rings is 1. The molecule has 2 nitrogen and oxygen atoms in total. The van der Waals surface area contributed by atoms with Gasteiger partial charge in [-0.15, -0.1) is 0 Å². The number of benzene rings is 1. The lowest BCUT2D eigenvalue weighted by molar-refractivity contribution is 0.512. The van der Waals surface area contributed by atoms with Crippen molar-refractivity contribution in [2.75, 3.05) is 7.05 Å². The third kappa shape index (κ3) is 2.56. The maximum absolute atomic E-state index is 14.3. The summed E-state index contributed by atoms with van der Waals surface area (Å²) in [6.07, 6.45) is 1.71.